The molecule has 0 saturated heterocycles. The molecule has 2 aliphatic rings. The molecule has 5 nitrogen and oxygen atoms in total. The lowest BCUT2D eigenvalue weighted by atomic mass is 9.33. The molecule has 2 aromatic heterocycles. The van der Waals surface area contributed by atoms with Crippen LogP contribution in [0.4, 0.5) is 34.1 Å². The Morgan fingerprint density at radius 1 is 0.264 bits per heavy atom. The van der Waals surface area contributed by atoms with Gasteiger partial charge in [-0.3, -0.25) is 0 Å². The standard InChI is InChI=1S/C85H54BN5/c87-55-68-67(58-32-10-3-11-33-58)54-79-82-83(68)91(72-45-23-17-39-62(72)57-30-8-2-9-31-57)85-70(51-53-78(81(85)60-36-14-5-15-37-60)89-75-48-26-20-42-65(75)66-43-21-27-49-76(66)89)86(82)69-50-52-77(88-73-46-24-18-40-63(73)64-41-19-25-47-74(64)88)80(59-34-12-4-13-35-59)84(69)90(79)71-44-22-16-38-61(71)56-28-6-1-7-29-56/h1-54H. The molecule has 91 heavy (non-hydrogen) atoms. The highest BCUT2D eigenvalue weighted by Crippen LogP contribution is 2.56. The Morgan fingerprint density at radius 2 is 0.593 bits per heavy atom. The van der Waals surface area contributed by atoms with Crippen LogP contribution >= 0.6 is 0 Å². The first-order valence-electron chi connectivity index (χ1n) is 31.2. The van der Waals surface area contributed by atoms with E-state index in [2.05, 4.69) is 353 Å². The molecule has 0 spiro atoms. The average Bonchev–Trinajstić information content (AvgIpc) is 0.972. The minimum atomic E-state index is -0.420. The SMILES string of the molecule is N#Cc1c(-c2ccccc2)cc2c3c1N(c1ccccc1-c1ccccc1)c1c(ccc(-n4c5ccccc5c5ccccc54)c1-c1ccccc1)B3c1ccc(-n3c4ccccc4c4ccccc43)c(-c3ccccc3)c1N2c1ccccc1-c1ccccc1. The molecule has 0 atom stereocenters. The molecule has 16 aromatic rings. The molecular weight excluding hydrogens is 1100 g/mol. The number of nitrogens with zero attached hydrogens (tertiary/aromatic N) is 5. The normalized spacial score (nSPS) is 12.3. The summed E-state index contributed by atoms with van der Waals surface area (Å²) in [6, 6.07) is 122. The maximum Gasteiger partial charge on any atom is 0.252 e. The highest BCUT2D eigenvalue weighted by molar-refractivity contribution is 7.00. The highest BCUT2D eigenvalue weighted by atomic mass is 15.2. The van der Waals surface area contributed by atoms with Gasteiger partial charge in [0.1, 0.15) is 6.07 Å². The number of rotatable bonds is 9. The summed E-state index contributed by atoms with van der Waals surface area (Å²) in [4.78, 5) is 5.09. The molecule has 0 N–H and O–H groups in total. The summed E-state index contributed by atoms with van der Waals surface area (Å²) >= 11 is 0. The van der Waals surface area contributed by atoms with E-state index in [1.807, 2.05) is 0 Å². The number of nitriles is 1. The maximum atomic E-state index is 12.6. The molecule has 0 saturated carbocycles. The summed E-state index contributed by atoms with van der Waals surface area (Å²) in [7, 11) is 0. The molecule has 2 aliphatic heterocycles. The number of benzene rings is 14. The van der Waals surface area contributed by atoms with E-state index < -0.39 is 6.71 Å². The van der Waals surface area contributed by atoms with Crippen molar-refractivity contribution in [1.82, 2.24) is 9.13 Å². The van der Waals surface area contributed by atoms with E-state index in [4.69, 9.17) is 0 Å². The Morgan fingerprint density at radius 3 is 1.00 bits per heavy atom. The molecule has 18 rings (SSSR count). The van der Waals surface area contributed by atoms with Crippen molar-refractivity contribution >= 4 is 101 Å². The van der Waals surface area contributed by atoms with E-state index in [1.165, 1.54) is 21.5 Å². The molecule has 422 valence electrons. The Kier molecular flexibility index (Phi) is 12.0. The number of aromatic nitrogens is 2. The van der Waals surface area contributed by atoms with Crippen LogP contribution in [0.3, 0.4) is 0 Å². The van der Waals surface area contributed by atoms with Gasteiger partial charge in [-0.1, -0.05) is 273 Å². The van der Waals surface area contributed by atoms with Crippen LogP contribution in [0.1, 0.15) is 5.56 Å². The van der Waals surface area contributed by atoms with Gasteiger partial charge in [0.2, 0.25) is 0 Å². The third-order valence-electron chi connectivity index (χ3n) is 18.9. The smallest absolute Gasteiger partial charge is 0.252 e. The largest absolute Gasteiger partial charge is 0.310 e. The summed E-state index contributed by atoms with van der Waals surface area (Å²) < 4.78 is 4.97. The zero-order valence-corrected chi connectivity index (χ0v) is 49.5. The lowest BCUT2D eigenvalue weighted by molar-refractivity contribution is 1.17. The van der Waals surface area contributed by atoms with Crippen molar-refractivity contribution in [2.75, 3.05) is 9.80 Å². The maximum absolute atomic E-state index is 12.6. The quantitative estimate of drug-likeness (QED) is 0.135. The van der Waals surface area contributed by atoms with Gasteiger partial charge in [-0.05, 0) is 98.8 Å². The predicted octanol–water partition coefficient (Wildman–Crippen LogP) is 20.2. The fourth-order valence-electron chi connectivity index (χ4n) is 15.3. The van der Waals surface area contributed by atoms with E-state index in [0.29, 0.717) is 5.56 Å². The van der Waals surface area contributed by atoms with Crippen LogP contribution in [-0.2, 0) is 0 Å². The summed E-state index contributed by atoms with van der Waals surface area (Å²) in [6.45, 7) is -0.420. The Labute approximate surface area is 528 Å². The van der Waals surface area contributed by atoms with E-state index in [9.17, 15) is 5.26 Å². The molecule has 14 aromatic carbocycles. The Balaban J connectivity index is 1.08. The minimum absolute atomic E-state index is 0.420. The van der Waals surface area contributed by atoms with Gasteiger partial charge in [0.05, 0.1) is 67.4 Å². The van der Waals surface area contributed by atoms with Crippen molar-refractivity contribution in [1.29, 1.82) is 5.26 Å². The minimum Gasteiger partial charge on any atom is -0.310 e. The second-order valence-electron chi connectivity index (χ2n) is 23.7. The fraction of sp³-hybridized carbons (Fsp3) is 0. The van der Waals surface area contributed by atoms with Crippen molar-refractivity contribution in [3.63, 3.8) is 0 Å². The van der Waals surface area contributed by atoms with Gasteiger partial charge in [0.15, 0.2) is 0 Å². The van der Waals surface area contributed by atoms with Gasteiger partial charge in [0, 0.05) is 55.0 Å². The van der Waals surface area contributed by atoms with Crippen LogP contribution in [0.5, 0.6) is 0 Å². The molecule has 0 amide bonds. The Bertz CT molecular complexity index is 5500. The predicted molar refractivity (Wildman–Crippen MR) is 381 cm³/mol. The molecule has 0 unspecified atom stereocenters. The second kappa shape index (κ2) is 21.0. The number of hydrogen-bond donors (Lipinski definition) is 0. The van der Waals surface area contributed by atoms with Crippen molar-refractivity contribution in [3.05, 3.63) is 333 Å². The fourth-order valence-corrected chi connectivity index (χ4v) is 15.3. The van der Waals surface area contributed by atoms with Crippen LogP contribution in [0, 0.1) is 11.3 Å². The highest BCUT2D eigenvalue weighted by Gasteiger charge is 2.48. The van der Waals surface area contributed by atoms with Crippen molar-refractivity contribution in [2.24, 2.45) is 0 Å². The summed E-state index contributed by atoms with van der Waals surface area (Å²) in [6.07, 6.45) is 0. The van der Waals surface area contributed by atoms with Gasteiger partial charge < -0.3 is 18.9 Å². The first-order valence-corrected chi connectivity index (χ1v) is 31.2. The number of fused-ring (bicyclic) bond motifs is 10. The summed E-state index contributed by atoms with van der Waals surface area (Å²) in [5.41, 5.74) is 26.7. The van der Waals surface area contributed by atoms with Crippen LogP contribution in [0.2, 0.25) is 0 Å². The zero-order valence-electron chi connectivity index (χ0n) is 49.5. The number of para-hydroxylation sites is 6. The summed E-state index contributed by atoms with van der Waals surface area (Å²) in [5, 5.41) is 17.4. The van der Waals surface area contributed by atoms with Crippen molar-refractivity contribution in [2.45, 2.75) is 0 Å². The van der Waals surface area contributed by atoms with Crippen LogP contribution in [-0.4, -0.2) is 15.8 Å². The number of hydrogen-bond acceptors (Lipinski definition) is 3. The van der Waals surface area contributed by atoms with Crippen molar-refractivity contribution < 1.29 is 0 Å². The van der Waals surface area contributed by atoms with Gasteiger partial charge in [0.25, 0.3) is 6.71 Å². The summed E-state index contributed by atoms with van der Waals surface area (Å²) in [5.74, 6) is 0. The van der Waals surface area contributed by atoms with Gasteiger partial charge in [-0.15, -0.1) is 0 Å². The van der Waals surface area contributed by atoms with Gasteiger partial charge in [-0.25, -0.2) is 0 Å². The topological polar surface area (TPSA) is 40.1 Å². The Hall–Kier alpha value is -12.2. The molecule has 0 fully saturated rings. The second-order valence-corrected chi connectivity index (χ2v) is 23.7. The molecule has 4 heterocycles. The van der Waals surface area contributed by atoms with E-state index >= 15 is 0 Å². The molecule has 0 aliphatic carbocycles. The first-order chi connectivity index (χ1) is 45.2. The lowest BCUT2D eigenvalue weighted by Crippen LogP contribution is -2.62. The van der Waals surface area contributed by atoms with Crippen molar-refractivity contribution in [3.8, 4) is 73.1 Å². The third-order valence-corrected chi connectivity index (χ3v) is 18.9. The van der Waals surface area contributed by atoms with E-state index in [0.717, 1.165) is 140 Å². The molecule has 0 bridgehead atoms. The first kappa shape index (κ1) is 52.0. The van der Waals surface area contributed by atoms with E-state index in [1.54, 1.807) is 0 Å². The van der Waals surface area contributed by atoms with Gasteiger partial charge in [-0.2, -0.15) is 5.26 Å². The monoisotopic (exact) mass is 1160 g/mol. The van der Waals surface area contributed by atoms with Crippen LogP contribution < -0.4 is 26.2 Å². The number of anilines is 6. The lowest BCUT2D eigenvalue weighted by Gasteiger charge is -2.47. The van der Waals surface area contributed by atoms with Crippen LogP contribution in [0.25, 0.3) is 111 Å². The molecule has 0 radical (unpaired) electrons. The molecule has 6 heteroatoms. The zero-order chi connectivity index (χ0) is 60.1. The van der Waals surface area contributed by atoms with Gasteiger partial charge >= 0.3 is 0 Å². The molecular formula is C85H54BN5. The van der Waals surface area contributed by atoms with E-state index in [-0.39, 0.29) is 0 Å². The van der Waals surface area contributed by atoms with Crippen LogP contribution in [0.15, 0.2) is 328 Å². The average molecular weight is 1160 g/mol. The third kappa shape index (κ3) is 7.91.